The first-order valence-corrected chi connectivity index (χ1v) is 11.8. The van der Waals surface area contributed by atoms with Crippen LogP contribution < -0.4 is 9.64 Å². The molecule has 166 valence electrons. The highest BCUT2D eigenvalue weighted by molar-refractivity contribution is 7.80. The molecule has 0 aliphatic carbocycles. The largest absolute Gasteiger partial charge is 0.497 e. The summed E-state index contributed by atoms with van der Waals surface area (Å²) in [5.41, 5.74) is 0.357. The molecule has 1 aromatic carbocycles. The van der Waals surface area contributed by atoms with Crippen molar-refractivity contribution in [3.63, 3.8) is 0 Å². The maximum Gasteiger partial charge on any atom is 0.340 e. The van der Waals surface area contributed by atoms with Crippen LogP contribution >= 0.6 is 12.2 Å². The average molecular weight is 443 g/mol. The second-order valence-electron chi connectivity index (χ2n) is 10.00. The Balaban J connectivity index is 1.69. The molecule has 31 heavy (non-hydrogen) atoms. The van der Waals surface area contributed by atoms with Gasteiger partial charge < -0.3 is 24.0 Å². The molecule has 5 aliphatic rings. The summed E-state index contributed by atoms with van der Waals surface area (Å²) in [5.74, 6) is 0.580. The van der Waals surface area contributed by atoms with E-state index in [0.29, 0.717) is 6.42 Å². The molecule has 0 aromatic heterocycles. The molecular weight excluding hydrogens is 412 g/mol. The maximum absolute atomic E-state index is 13.5. The molecule has 6 nitrogen and oxygen atoms in total. The molecule has 4 saturated heterocycles. The van der Waals surface area contributed by atoms with Crippen LogP contribution in [0.3, 0.4) is 0 Å². The lowest BCUT2D eigenvalue weighted by Crippen LogP contribution is -2.71. The van der Waals surface area contributed by atoms with Crippen molar-refractivity contribution >= 4 is 28.9 Å². The van der Waals surface area contributed by atoms with E-state index >= 15 is 0 Å². The van der Waals surface area contributed by atoms with Gasteiger partial charge in [-0.25, -0.2) is 4.79 Å². The van der Waals surface area contributed by atoms with Crippen molar-refractivity contribution in [2.75, 3.05) is 32.7 Å². The third-order valence-corrected chi connectivity index (χ3v) is 9.53. The molecule has 2 bridgehead atoms. The van der Waals surface area contributed by atoms with Gasteiger partial charge in [-0.05, 0) is 43.7 Å². The van der Waals surface area contributed by atoms with Crippen LogP contribution in [0, 0.1) is 5.41 Å². The van der Waals surface area contributed by atoms with Crippen molar-refractivity contribution in [3.8, 4) is 5.75 Å². The third kappa shape index (κ3) is 1.81. The van der Waals surface area contributed by atoms with Crippen molar-refractivity contribution in [2.45, 2.75) is 68.2 Å². The van der Waals surface area contributed by atoms with Gasteiger partial charge in [-0.1, -0.05) is 31.6 Å². The molecule has 4 fully saturated rings. The van der Waals surface area contributed by atoms with Gasteiger partial charge in [0, 0.05) is 30.8 Å². The number of anilines is 1. The summed E-state index contributed by atoms with van der Waals surface area (Å²) in [6.45, 7) is 3.11. The first-order chi connectivity index (χ1) is 14.9. The Bertz CT molecular complexity index is 1020. The molecule has 0 radical (unpaired) electrons. The number of nitrogens with zero attached hydrogens (tertiary/aromatic N) is 2. The number of thiocarbonyl (C=S) groups is 1. The summed E-state index contributed by atoms with van der Waals surface area (Å²) in [7, 11) is 5.27. The quantitative estimate of drug-likeness (QED) is 0.523. The van der Waals surface area contributed by atoms with E-state index in [-0.39, 0.29) is 22.8 Å². The topological polar surface area (TPSA) is 51.2 Å². The monoisotopic (exact) mass is 442 g/mol. The highest BCUT2D eigenvalue weighted by Gasteiger charge is 2.91. The number of esters is 1. The molecule has 0 N–H and O–H groups in total. The van der Waals surface area contributed by atoms with Crippen molar-refractivity contribution in [1.29, 1.82) is 0 Å². The third-order valence-electron chi connectivity index (χ3n) is 9.10. The van der Waals surface area contributed by atoms with Gasteiger partial charge in [-0.2, -0.15) is 0 Å². The Hall–Kier alpha value is -1.86. The average Bonchev–Trinajstić information content (AvgIpc) is 3.43. The first kappa shape index (κ1) is 19.8. The summed E-state index contributed by atoms with van der Waals surface area (Å²) in [6, 6.07) is 6.23. The summed E-state index contributed by atoms with van der Waals surface area (Å²) in [5, 5.41) is 0. The molecule has 1 aromatic rings. The zero-order chi connectivity index (χ0) is 21.8. The summed E-state index contributed by atoms with van der Waals surface area (Å²) in [4.78, 5) is 19.2. The van der Waals surface area contributed by atoms with Gasteiger partial charge in [0.1, 0.15) is 5.75 Å². The Kier molecular flexibility index (Phi) is 3.78. The standard InChI is InChI=1S/C24H30N2O4S/c1-5-9-21-10-8-18(31)26-12-11-22-16-7-6-15(28-3)13-17(16)25(2)19(22)23(14-21,20(27)29-4)30-24(21,22)26/h6-7,13,19H,5,8-12,14H2,1-4H3/t19-,21+,22+,23-,24+/m0/s1. The first-order valence-electron chi connectivity index (χ1n) is 11.4. The van der Waals surface area contributed by atoms with E-state index in [0.717, 1.165) is 55.1 Å². The number of fused-ring (bicyclic) bond motifs is 3. The van der Waals surface area contributed by atoms with Gasteiger partial charge in [0.25, 0.3) is 0 Å². The minimum Gasteiger partial charge on any atom is -0.497 e. The number of rotatable bonds is 4. The van der Waals surface area contributed by atoms with Crippen molar-refractivity contribution in [2.24, 2.45) is 5.41 Å². The van der Waals surface area contributed by atoms with E-state index in [1.54, 1.807) is 7.11 Å². The lowest BCUT2D eigenvalue weighted by atomic mass is 9.49. The fourth-order valence-corrected chi connectivity index (χ4v) is 8.84. The molecule has 6 rings (SSSR count). The Labute approximate surface area is 188 Å². The van der Waals surface area contributed by atoms with E-state index in [9.17, 15) is 4.79 Å². The second-order valence-corrected chi connectivity index (χ2v) is 10.5. The lowest BCUT2D eigenvalue weighted by molar-refractivity contribution is -0.188. The Morgan fingerprint density at radius 2 is 2.13 bits per heavy atom. The number of piperidine rings is 1. The molecule has 5 heterocycles. The molecule has 0 amide bonds. The summed E-state index contributed by atoms with van der Waals surface area (Å²) >= 11 is 5.92. The summed E-state index contributed by atoms with van der Waals surface area (Å²) in [6.07, 6.45) is 5.55. The fourth-order valence-electron chi connectivity index (χ4n) is 8.52. The SMILES string of the molecule is CCC[C@@]12CCC(=S)N3CC[C@@]45c6ccc(OC)cc6N(C)[C@@H]4[C@](C(=O)OC)(C1)O[C@]325. The zero-order valence-electron chi connectivity index (χ0n) is 18.7. The zero-order valence-corrected chi connectivity index (χ0v) is 19.5. The lowest BCUT2D eigenvalue weighted by Gasteiger charge is -2.59. The van der Waals surface area contributed by atoms with E-state index in [2.05, 4.69) is 35.9 Å². The van der Waals surface area contributed by atoms with Crippen LogP contribution in [0.25, 0.3) is 0 Å². The van der Waals surface area contributed by atoms with E-state index in [1.807, 2.05) is 6.07 Å². The predicted molar refractivity (Wildman–Crippen MR) is 121 cm³/mol. The number of carbonyl (C=O) groups excluding carboxylic acids is 1. The summed E-state index contributed by atoms with van der Waals surface area (Å²) < 4.78 is 18.1. The van der Waals surface area contributed by atoms with Crippen molar-refractivity contribution < 1.29 is 19.0 Å². The number of methoxy groups -OCH3 is 2. The van der Waals surface area contributed by atoms with Crippen LogP contribution in [0.15, 0.2) is 18.2 Å². The molecule has 5 aliphatic heterocycles. The molecule has 0 saturated carbocycles. The van der Waals surface area contributed by atoms with Crippen molar-refractivity contribution in [1.82, 2.24) is 4.90 Å². The van der Waals surface area contributed by atoms with Gasteiger partial charge >= 0.3 is 5.97 Å². The van der Waals surface area contributed by atoms with Gasteiger partial charge in [-0.15, -0.1) is 0 Å². The van der Waals surface area contributed by atoms with Crippen LogP contribution in [0.4, 0.5) is 5.69 Å². The Morgan fingerprint density at radius 3 is 2.84 bits per heavy atom. The number of carbonyl (C=O) groups is 1. The predicted octanol–water partition coefficient (Wildman–Crippen LogP) is 3.41. The maximum atomic E-state index is 13.5. The minimum absolute atomic E-state index is 0.117. The highest BCUT2D eigenvalue weighted by Crippen LogP contribution is 2.79. The van der Waals surface area contributed by atoms with E-state index < -0.39 is 11.3 Å². The fraction of sp³-hybridized carbons (Fsp3) is 0.667. The number of hydrogen-bond acceptors (Lipinski definition) is 6. The Morgan fingerprint density at radius 1 is 1.32 bits per heavy atom. The normalized spacial score (nSPS) is 41.3. The van der Waals surface area contributed by atoms with Gasteiger partial charge in [0.15, 0.2) is 11.3 Å². The number of benzene rings is 1. The minimum atomic E-state index is -0.996. The molecule has 7 heteroatoms. The van der Waals surface area contributed by atoms with Gasteiger partial charge in [0.05, 0.1) is 30.7 Å². The molecular formula is C24H30N2O4S. The molecule has 2 spiro atoms. The van der Waals surface area contributed by atoms with Gasteiger partial charge in [-0.3, -0.25) is 0 Å². The molecule has 0 unspecified atom stereocenters. The number of ether oxygens (including phenoxy) is 3. The van der Waals surface area contributed by atoms with Crippen LogP contribution in [-0.4, -0.2) is 61.0 Å². The molecule has 5 atom stereocenters. The van der Waals surface area contributed by atoms with Gasteiger partial charge in [0.2, 0.25) is 0 Å². The highest BCUT2D eigenvalue weighted by atomic mass is 32.1. The van der Waals surface area contributed by atoms with Crippen LogP contribution in [-0.2, 0) is 19.7 Å². The number of hydrogen-bond donors (Lipinski definition) is 0. The second kappa shape index (κ2) is 5.93. The van der Waals surface area contributed by atoms with E-state index in [1.165, 1.54) is 12.7 Å². The number of likely N-dealkylation sites (N-methyl/N-ethyl adjacent to an activating group) is 1. The van der Waals surface area contributed by atoms with Crippen LogP contribution in [0.5, 0.6) is 5.75 Å². The van der Waals surface area contributed by atoms with E-state index in [4.69, 9.17) is 26.4 Å². The smallest absolute Gasteiger partial charge is 0.340 e. The van der Waals surface area contributed by atoms with Crippen LogP contribution in [0.1, 0.15) is 51.0 Å². The van der Waals surface area contributed by atoms with Crippen LogP contribution in [0.2, 0.25) is 0 Å². The van der Waals surface area contributed by atoms with Crippen molar-refractivity contribution in [3.05, 3.63) is 23.8 Å².